The Morgan fingerprint density at radius 3 is 2.50 bits per heavy atom. The van der Waals surface area contributed by atoms with Crippen LogP contribution >= 0.6 is 11.6 Å². The fourth-order valence-electron chi connectivity index (χ4n) is 1.42. The molecular weight excluding hydrogens is 246 g/mol. The molecule has 102 valence electrons. The number of anilines is 1. The van der Waals surface area contributed by atoms with Crippen molar-refractivity contribution < 1.29 is 0 Å². The van der Waals surface area contributed by atoms with Crippen molar-refractivity contribution in [3.05, 3.63) is 22.8 Å². The zero-order valence-electron chi connectivity index (χ0n) is 12.2. The van der Waals surface area contributed by atoms with E-state index < -0.39 is 0 Å². The molecule has 0 fully saturated rings. The second-order valence-electron chi connectivity index (χ2n) is 5.94. The topological polar surface area (TPSA) is 28.2 Å². The van der Waals surface area contributed by atoms with Gasteiger partial charge in [-0.25, -0.2) is 4.98 Å². The normalized spacial score (nSPS) is 12.0. The van der Waals surface area contributed by atoms with Crippen molar-refractivity contribution in [3.63, 3.8) is 0 Å². The molecule has 1 aromatic heterocycles. The summed E-state index contributed by atoms with van der Waals surface area (Å²) in [5, 5.41) is 4.16. The molecule has 0 spiro atoms. The molecule has 18 heavy (non-hydrogen) atoms. The summed E-state index contributed by atoms with van der Waals surface area (Å²) < 4.78 is 0. The third-order valence-corrected chi connectivity index (χ3v) is 3.21. The molecule has 1 aromatic rings. The van der Waals surface area contributed by atoms with Crippen molar-refractivity contribution in [2.75, 3.05) is 11.9 Å². The lowest BCUT2D eigenvalue weighted by Gasteiger charge is -2.24. The predicted octanol–water partition coefficient (Wildman–Crippen LogP) is 3.47. The van der Waals surface area contributed by atoms with Gasteiger partial charge in [-0.3, -0.25) is 0 Å². The molecule has 4 heteroatoms. The first-order chi connectivity index (χ1) is 8.20. The monoisotopic (exact) mass is 269 g/mol. The van der Waals surface area contributed by atoms with Crippen LogP contribution in [-0.2, 0) is 6.54 Å². The van der Waals surface area contributed by atoms with Crippen LogP contribution in [0.25, 0.3) is 0 Å². The van der Waals surface area contributed by atoms with Crippen LogP contribution in [0.2, 0.25) is 5.02 Å². The first-order valence-electron chi connectivity index (χ1n) is 6.33. The zero-order valence-corrected chi connectivity index (χ0v) is 13.0. The van der Waals surface area contributed by atoms with E-state index in [0.29, 0.717) is 11.1 Å². The minimum absolute atomic E-state index is 0.0801. The Bertz CT molecular complexity index is 397. The lowest BCUT2D eigenvalue weighted by atomic mass is 10.1. The molecule has 0 atom stereocenters. The molecule has 0 aromatic carbocycles. The maximum Gasteiger partial charge on any atom is 0.128 e. The summed E-state index contributed by atoms with van der Waals surface area (Å²) in [6.45, 7) is 11.5. The van der Waals surface area contributed by atoms with Gasteiger partial charge in [0.05, 0.1) is 5.02 Å². The molecule has 1 rings (SSSR count). The van der Waals surface area contributed by atoms with Crippen LogP contribution in [0.3, 0.4) is 0 Å². The van der Waals surface area contributed by atoms with E-state index in [4.69, 9.17) is 11.6 Å². The van der Waals surface area contributed by atoms with Crippen LogP contribution < -0.4 is 10.2 Å². The lowest BCUT2D eigenvalue weighted by Crippen LogP contribution is -2.35. The van der Waals surface area contributed by atoms with E-state index in [1.54, 1.807) is 6.20 Å². The van der Waals surface area contributed by atoms with Crippen molar-refractivity contribution in [1.29, 1.82) is 0 Å². The molecule has 1 heterocycles. The minimum Gasteiger partial charge on any atom is -0.357 e. The van der Waals surface area contributed by atoms with E-state index in [0.717, 1.165) is 17.9 Å². The number of nitrogens with one attached hydrogen (secondary N) is 1. The van der Waals surface area contributed by atoms with E-state index in [2.05, 4.69) is 55.9 Å². The van der Waals surface area contributed by atoms with Crippen LogP contribution in [0.5, 0.6) is 0 Å². The lowest BCUT2D eigenvalue weighted by molar-refractivity contribution is 0.424. The van der Waals surface area contributed by atoms with E-state index >= 15 is 0 Å². The summed E-state index contributed by atoms with van der Waals surface area (Å²) in [5.74, 6) is 0.958. The fourth-order valence-corrected chi connectivity index (χ4v) is 1.59. The Kier molecular flexibility index (Phi) is 5.00. The average molecular weight is 270 g/mol. The molecule has 0 amide bonds. The Labute approximate surface area is 116 Å². The number of nitrogens with zero attached hydrogens (tertiary/aromatic N) is 2. The number of pyridine rings is 1. The van der Waals surface area contributed by atoms with Crippen LogP contribution in [0.4, 0.5) is 5.82 Å². The third-order valence-electron chi connectivity index (χ3n) is 2.87. The van der Waals surface area contributed by atoms with Gasteiger partial charge in [0.25, 0.3) is 0 Å². The number of aromatic nitrogens is 1. The Hall–Kier alpha value is -0.800. The van der Waals surface area contributed by atoms with Gasteiger partial charge in [0.2, 0.25) is 0 Å². The van der Waals surface area contributed by atoms with E-state index in [9.17, 15) is 0 Å². The van der Waals surface area contributed by atoms with Crippen LogP contribution in [-0.4, -0.2) is 23.6 Å². The Morgan fingerprint density at radius 1 is 1.39 bits per heavy atom. The van der Waals surface area contributed by atoms with Gasteiger partial charge >= 0.3 is 0 Å². The first kappa shape index (κ1) is 15.3. The van der Waals surface area contributed by atoms with Crippen molar-refractivity contribution in [3.8, 4) is 0 Å². The summed E-state index contributed by atoms with van der Waals surface area (Å²) in [6.07, 6.45) is 1.73. The average Bonchev–Trinajstić information content (AvgIpc) is 2.25. The first-order valence-corrected chi connectivity index (χ1v) is 6.71. The van der Waals surface area contributed by atoms with Gasteiger partial charge in [-0.05, 0) is 46.2 Å². The van der Waals surface area contributed by atoms with E-state index in [1.165, 1.54) is 0 Å². The smallest absolute Gasteiger partial charge is 0.128 e. The van der Waals surface area contributed by atoms with Gasteiger partial charge in [-0.15, -0.1) is 0 Å². The molecule has 0 bridgehead atoms. The summed E-state index contributed by atoms with van der Waals surface area (Å²) >= 11 is 6.19. The summed E-state index contributed by atoms with van der Waals surface area (Å²) in [7, 11) is 2.04. The largest absolute Gasteiger partial charge is 0.357 e. The highest BCUT2D eigenvalue weighted by molar-refractivity contribution is 6.31. The van der Waals surface area contributed by atoms with E-state index in [1.807, 2.05) is 7.05 Å². The molecule has 1 N–H and O–H groups in total. The van der Waals surface area contributed by atoms with Crippen molar-refractivity contribution in [2.45, 2.75) is 52.7 Å². The third kappa shape index (κ3) is 4.46. The quantitative estimate of drug-likeness (QED) is 0.907. The second-order valence-corrected chi connectivity index (χ2v) is 6.35. The fraction of sp³-hybridized carbons (Fsp3) is 0.643. The molecule has 3 nitrogen and oxygen atoms in total. The van der Waals surface area contributed by atoms with Gasteiger partial charge in [-0.2, -0.15) is 0 Å². The second kappa shape index (κ2) is 5.89. The molecule has 0 aliphatic carbocycles. The van der Waals surface area contributed by atoms with Gasteiger partial charge in [-0.1, -0.05) is 11.6 Å². The van der Waals surface area contributed by atoms with E-state index in [-0.39, 0.29) is 5.54 Å². The van der Waals surface area contributed by atoms with Gasteiger partial charge in [0, 0.05) is 31.4 Å². The molecule has 0 saturated heterocycles. The van der Waals surface area contributed by atoms with Crippen LogP contribution in [0.1, 0.15) is 40.2 Å². The zero-order chi connectivity index (χ0) is 13.9. The SMILES string of the molecule is CC(C)N(C)c1cc(CNC(C)(C)C)c(Cl)cn1. The highest BCUT2D eigenvalue weighted by Gasteiger charge is 2.13. The highest BCUT2D eigenvalue weighted by Crippen LogP contribution is 2.21. The molecule has 0 saturated carbocycles. The maximum atomic E-state index is 6.19. The van der Waals surface area contributed by atoms with Crippen LogP contribution in [0.15, 0.2) is 12.3 Å². The van der Waals surface area contributed by atoms with Crippen molar-refractivity contribution >= 4 is 17.4 Å². The van der Waals surface area contributed by atoms with Crippen molar-refractivity contribution in [1.82, 2.24) is 10.3 Å². The number of hydrogen-bond donors (Lipinski definition) is 1. The summed E-state index contributed by atoms with van der Waals surface area (Å²) in [5.41, 5.74) is 1.17. The summed E-state index contributed by atoms with van der Waals surface area (Å²) in [4.78, 5) is 6.51. The van der Waals surface area contributed by atoms with Gasteiger partial charge < -0.3 is 10.2 Å². The minimum atomic E-state index is 0.0801. The molecule has 0 radical (unpaired) electrons. The standard InChI is InChI=1S/C14H24ClN3/c1-10(2)18(6)13-7-11(12(15)9-16-13)8-17-14(3,4)5/h7,9-10,17H,8H2,1-6H3. The maximum absolute atomic E-state index is 6.19. The molecular formula is C14H24ClN3. The Morgan fingerprint density at radius 2 is 2.00 bits per heavy atom. The highest BCUT2D eigenvalue weighted by atomic mass is 35.5. The summed E-state index contributed by atoms with van der Waals surface area (Å²) in [6, 6.07) is 2.48. The predicted molar refractivity (Wildman–Crippen MR) is 79.4 cm³/mol. The molecule has 0 aliphatic rings. The van der Waals surface area contributed by atoms with Gasteiger partial charge in [0.1, 0.15) is 5.82 Å². The number of rotatable bonds is 4. The number of hydrogen-bond acceptors (Lipinski definition) is 3. The molecule has 0 unspecified atom stereocenters. The van der Waals surface area contributed by atoms with Crippen molar-refractivity contribution in [2.24, 2.45) is 0 Å². The van der Waals surface area contributed by atoms with Gasteiger partial charge in [0.15, 0.2) is 0 Å². The van der Waals surface area contributed by atoms with Crippen LogP contribution in [0, 0.1) is 0 Å². The number of halogens is 1. The molecule has 0 aliphatic heterocycles. The Balaban J connectivity index is 2.88.